The molecule has 13 heavy (non-hydrogen) atoms. The highest BCUT2D eigenvalue weighted by atomic mass is 35.5. The van der Waals surface area contributed by atoms with Crippen molar-refractivity contribution < 1.29 is 4.39 Å². The largest absolute Gasteiger partial charge is 0.369 e. The molecular weight excluding hydrogens is 191 g/mol. The van der Waals surface area contributed by atoms with Gasteiger partial charge in [-0.1, -0.05) is 11.6 Å². The molecular formula is C9H8ClFN2. The third kappa shape index (κ3) is 2.60. The lowest BCUT2D eigenvalue weighted by Crippen LogP contribution is -2.12. The molecule has 1 aromatic carbocycles. The van der Waals surface area contributed by atoms with Gasteiger partial charge in [-0.25, -0.2) is 4.39 Å². The zero-order valence-electron chi connectivity index (χ0n) is 7.01. The number of nitrogens with one attached hydrogen (secondary N) is 1. The van der Waals surface area contributed by atoms with Gasteiger partial charge in [0.1, 0.15) is 11.9 Å². The van der Waals surface area contributed by atoms with Crippen LogP contribution in [-0.2, 0) is 0 Å². The molecule has 0 aromatic heterocycles. The monoisotopic (exact) mass is 198 g/mol. The summed E-state index contributed by atoms with van der Waals surface area (Å²) in [6.45, 7) is 1.69. The molecule has 1 rings (SSSR count). The highest BCUT2D eigenvalue weighted by Crippen LogP contribution is 2.22. The third-order valence-electron chi connectivity index (χ3n) is 1.50. The van der Waals surface area contributed by atoms with Crippen LogP contribution >= 0.6 is 11.6 Å². The van der Waals surface area contributed by atoms with Crippen LogP contribution in [0, 0.1) is 17.1 Å². The lowest BCUT2D eigenvalue weighted by atomic mass is 10.3. The lowest BCUT2D eigenvalue weighted by molar-refractivity contribution is 0.628. The van der Waals surface area contributed by atoms with E-state index in [-0.39, 0.29) is 16.9 Å². The summed E-state index contributed by atoms with van der Waals surface area (Å²) in [5.41, 5.74) is 0.567. The number of nitriles is 1. The highest BCUT2D eigenvalue weighted by Gasteiger charge is 2.04. The molecule has 0 radical (unpaired) electrons. The van der Waals surface area contributed by atoms with Crippen molar-refractivity contribution in [3.05, 3.63) is 29.0 Å². The lowest BCUT2D eigenvalue weighted by Gasteiger charge is -2.09. The van der Waals surface area contributed by atoms with E-state index in [0.29, 0.717) is 5.69 Å². The quantitative estimate of drug-likeness (QED) is 0.793. The Kier molecular flexibility index (Phi) is 3.10. The average molecular weight is 199 g/mol. The summed E-state index contributed by atoms with van der Waals surface area (Å²) in [6.07, 6.45) is 0. The van der Waals surface area contributed by atoms with Gasteiger partial charge in [0.25, 0.3) is 0 Å². The minimum absolute atomic E-state index is 0.280. The second-order valence-electron chi connectivity index (χ2n) is 2.62. The first kappa shape index (κ1) is 9.82. The molecule has 0 aliphatic rings. The minimum Gasteiger partial charge on any atom is -0.369 e. The smallest absolute Gasteiger partial charge is 0.124 e. The molecule has 0 aliphatic heterocycles. The van der Waals surface area contributed by atoms with Crippen molar-refractivity contribution in [1.29, 1.82) is 5.26 Å². The van der Waals surface area contributed by atoms with E-state index in [0.717, 1.165) is 0 Å². The summed E-state index contributed by atoms with van der Waals surface area (Å²) in [7, 11) is 0. The van der Waals surface area contributed by atoms with Gasteiger partial charge >= 0.3 is 0 Å². The van der Waals surface area contributed by atoms with Gasteiger partial charge in [0.15, 0.2) is 0 Å². The van der Waals surface area contributed by atoms with Crippen LogP contribution in [0.25, 0.3) is 0 Å². The Labute approximate surface area is 80.9 Å². The zero-order valence-corrected chi connectivity index (χ0v) is 7.77. The summed E-state index contributed by atoms with van der Waals surface area (Å²) >= 11 is 5.72. The van der Waals surface area contributed by atoms with Gasteiger partial charge in [0.2, 0.25) is 0 Å². The van der Waals surface area contributed by atoms with Gasteiger partial charge < -0.3 is 5.32 Å². The van der Waals surface area contributed by atoms with Crippen LogP contribution in [0.15, 0.2) is 18.2 Å². The average Bonchev–Trinajstić information content (AvgIpc) is 2.09. The number of nitrogens with zero attached hydrogens (tertiary/aromatic N) is 1. The Morgan fingerprint density at radius 1 is 1.62 bits per heavy atom. The fourth-order valence-corrected chi connectivity index (χ4v) is 1.09. The number of hydrogen-bond acceptors (Lipinski definition) is 2. The minimum atomic E-state index is -0.389. The number of anilines is 1. The maximum Gasteiger partial charge on any atom is 0.124 e. The maximum absolute atomic E-state index is 12.6. The van der Waals surface area contributed by atoms with Gasteiger partial charge in [-0.3, -0.25) is 0 Å². The SMILES string of the molecule is CC(C#N)Nc1ccc(F)cc1Cl. The summed E-state index contributed by atoms with van der Waals surface area (Å²) < 4.78 is 12.6. The normalized spacial score (nSPS) is 11.8. The highest BCUT2D eigenvalue weighted by molar-refractivity contribution is 6.33. The Morgan fingerprint density at radius 2 is 2.31 bits per heavy atom. The van der Waals surface area contributed by atoms with E-state index in [1.54, 1.807) is 6.92 Å². The van der Waals surface area contributed by atoms with Gasteiger partial charge in [-0.15, -0.1) is 0 Å². The van der Waals surface area contributed by atoms with E-state index in [1.165, 1.54) is 18.2 Å². The number of rotatable bonds is 2. The van der Waals surface area contributed by atoms with E-state index >= 15 is 0 Å². The van der Waals surface area contributed by atoms with E-state index in [1.807, 2.05) is 6.07 Å². The molecule has 0 aliphatic carbocycles. The fraction of sp³-hybridized carbons (Fsp3) is 0.222. The summed E-state index contributed by atoms with van der Waals surface area (Å²) in [4.78, 5) is 0. The summed E-state index contributed by atoms with van der Waals surface area (Å²) in [6, 6.07) is 5.65. The molecule has 1 N–H and O–H groups in total. The van der Waals surface area contributed by atoms with E-state index in [4.69, 9.17) is 16.9 Å². The molecule has 0 spiro atoms. The van der Waals surface area contributed by atoms with Crippen LogP contribution in [0.5, 0.6) is 0 Å². The van der Waals surface area contributed by atoms with Gasteiger partial charge in [0.05, 0.1) is 16.8 Å². The predicted octanol–water partition coefficient (Wildman–Crippen LogP) is 2.80. The first-order chi connectivity index (χ1) is 6.13. The predicted molar refractivity (Wildman–Crippen MR) is 50.1 cm³/mol. The molecule has 1 atom stereocenters. The summed E-state index contributed by atoms with van der Waals surface area (Å²) in [5.74, 6) is -0.389. The van der Waals surface area contributed by atoms with Crippen LogP contribution in [0.3, 0.4) is 0 Å². The van der Waals surface area contributed by atoms with Gasteiger partial charge in [-0.2, -0.15) is 5.26 Å². The third-order valence-corrected chi connectivity index (χ3v) is 1.81. The van der Waals surface area contributed by atoms with E-state index < -0.39 is 0 Å². The van der Waals surface area contributed by atoms with Gasteiger partial charge in [0, 0.05) is 0 Å². The van der Waals surface area contributed by atoms with Crippen LogP contribution in [0.4, 0.5) is 10.1 Å². The van der Waals surface area contributed by atoms with E-state index in [9.17, 15) is 4.39 Å². The van der Waals surface area contributed by atoms with Gasteiger partial charge in [-0.05, 0) is 25.1 Å². The fourth-order valence-electron chi connectivity index (χ4n) is 0.872. The molecule has 2 nitrogen and oxygen atoms in total. The molecule has 4 heteroatoms. The topological polar surface area (TPSA) is 35.8 Å². The Morgan fingerprint density at radius 3 is 2.85 bits per heavy atom. The second kappa shape index (κ2) is 4.11. The standard InChI is InChI=1S/C9H8ClFN2/c1-6(5-12)13-9-3-2-7(11)4-8(9)10/h2-4,6,13H,1H3. The maximum atomic E-state index is 12.6. The first-order valence-corrected chi connectivity index (χ1v) is 4.12. The van der Waals surface area contributed by atoms with Crippen molar-refractivity contribution in [3.8, 4) is 6.07 Å². The van der Waals surface area contributed by atoms with Crippen molar-refractivity contribution in [3.63, 3.8) is 0 Å². The van der Waals surface area contributed by atoms with Crippen molar-refractivity contribution in [2.45, 2.75) is 13.0 Å². The number of halogens is 2. The molecule has 0 bridgehead atoms. The van der Waals surface area contributed by atoms with Crippen molar-refractivity contribution in [1.82, 2.24) is 0 Å². The molecule has 1 unspecified atom stereocenters. The molecule has 0 heterocycles. The van der Waals surface area contributed by atoms with Crippen molar-refractivity contribution >= 4 is 17.3 Å². The van der Waals surface area contributed by atoms with E-state index in [2.05, 4.69) is 5.32 Å². The van der Waals surface area contributed by atoms with Crippen molar-refractivity contribution in [2.75, 3.05) is 5.32 Å². The van der Waals surface area contributed by atoms with Crippen LogP contribution in [0.2, 0.25) is 5.02 Å². The zero-order chi connectivity index (χ0) is 9.84. The molecule has 0 saturated carbocycles. The first-order valence-electron chi connectivity index (χ1n) is 3.74. The van der Waals surface area contributed by atoms with Crippen LogP contribution < -0.4 is 5.32 Å². The second-order valence-corrected chi connectivity index (χ2v) is 3.03. The molecule has 68 valence electrons. The Hall–Kier alpha value is -1.27. The van der Waals surface area contributed by atoms with Crippen molar-refractivity contribution in [2.24, 2.45) is 0 Å². The van der Waals surface area contributed by atoms with Crippen LogP contribution in [0.1, 0.15) is 6.92 Å². The molecule has 0 fully saturated rings. The number of hydrogen-bond donors (Lipinski definition) is 1. The molecule has 0 saturated heterocycles. The molecule has 1 aromatic rings. The summed E-state index contributed by atoms with van der Waals surface area (Å²) in [5, 5.41) is 11.6. The Bertz CT molecular complexity index is 346. The Balaban J connectivity index is 2.85. The number of benzene rings is 1. The van der Waals surface area contributed by atoms with Crippen LogP contribution in [-0.4, -0.2) is 6.04 Å². The molecule has 0 amide bonds.